The van der Waals surface area contributed by atoms with Crippen LogP contribution in [0.1, 0.15) is 129 Å². The molecule has 1 rings (SSSR count). The van der Waals surface area contributed by atoms with Gasteiger partial charge in [-0.2, -0.15) is 0 Å². The molecule has 0 amide bonds. The quantitative estimate of drug-likeness (QED) is 0.314. The van der Waals surface area contributed by atoms with Crippen molar-refractivity contribution in [3.8, 4) is 0 Å². The molecule has 142 valence electrons. The van der Waals surface area contributed by atoms with Crippen LogP contribution in [0.2, 0.25) is 0 Å². The predicted octanol–water partition coefficient (Wildman–Crippen LogP) is 7.50. The highest BCUT2D eigenvalue weighted by molar-refractivity contribution is 5.74. The predicted molar refractivity (Wildman–Crippen MR) is 103 cm³/mol. The molecule has 0 aromatic carbocycles. The summed E-state index contributed by atoms with van der Waals surface area (Å²) in [6.45, 7) is 2.27. The minimum absolute atomic E-state index is 0.365. The van der Waals surface area contributed by atoms with Crippen molar-refractivity contribution in [2.24, 2.45) is 5.41 Å². The lowest BCUT2D eigenvalue weighted by Crippen LogP contribution is -2.33. The van der Waals surface area contributed by atoms with E-state index in [1.807, 2.05) is 0 Å². The normalized spacial score (nSPS) is 17.0. The third-order valence-electron chi connectivity index (χ3n) is 6.02. The first-order valence-corrected chi connectivity index (χ1v) is 10.9. The molecule has 1 N–H and O–H groups in total. The zero-order chi connectivity index (χ0) is 17.5. The van der Waals surface area contributed by atoms with Gasteiger partial charge in [0.1, 0.15) is 0 Å². The van der Waals surface area contributed by atoms with Crippen LogP contribution in [0.5, 0.6) is 0 Å². The van der Waals surface area contributed by atoms with E-state index in [1.54, 1.807) is 0 Å². The van der Waals surface area contributed by atoms with Gasteiger partial charge in [-0.3, -0.25) is 4.79 Å². The molecule has 1 saturated carbocycles. The fourth-order valence-corrected chi connectivity index (χ4v) is 4.28. The summed E-state index contributed by atoms with van der Waals surface area (Å²) in [7, 11) is 0. The van der Waals surface area contributed by atoms with Gasteiger partial charge in [-0.15, -0.1) is 0 Å². The van der Waals surface area contributed by atoms with E-state index in [4.69, 9.17) is 0 Å². The van der Waals surface area contributed by atoms with Crippen LogP contribution in [-0.2, 0) is 4.79 Å². The standard InChI is InChI=1S/C22H42O2/c1-2-3-4-5-6-7-8-9-10-11-12-13-15-18-22(21(23)24)19-16-14-17-20-22/h2-20H2,1H3,(H,23,24). The molecule has 0 bridgehead atoms. The molecule has 0 heterocycles. The van der Waals surface area contributed by atoms with E-state index in [1.165, 1.54) is 83.5 Å². The highest BCUT2D eigenvalue weighted by Gasteiger charge is 2.38. The number of carbonyl (C=O) groups is 1. The summed E-state index contributed by atoms with van der Waals surface area (Å²) in [5.41, 5.74) is -0.365. The van der Waals surface area contributed by atoms with Crippen molar-refractivity contribution < 1.29 is 9.90 Å². The second-order valence-electron chi connectivity index (χ2n) is 8.14. The smallest absolute Gasteiger partial charge is 0.309 e. The van der Waals surface area contributed by atoms with Gasteiger partial charge < -0.3 is 5.11 Å². The van der Waals surface area contributed by atoms with E-state index in [-0.39, 0.29) is 5.41 Å². The fourth-order valence-electron chi connectivity index (χ4n) is 4.28. The van der Waals surface area contributed by atoms with Gasteiger partial charge in [0, 0.05) is 0 Å². The molecule has 1 fully saturated rings. The van der Waals surface area contributed by atoms with Crippen LogP contribution >= 0.6 is 0 Å². The van der Waals surface area contributed by atoms with E-state index in [0.717, 1.165) is 38.5 Å². The van der Waals surface area contributed by atoms with Gasteiger partial charge >= 0.3 is 5.97 Å². The third kappa shape index (κ3) is 9.08. The van der Waals surface area contributed by atoms with E-state index in [9.17, 15) is 9.90 Å². The van der Waals surface area contributed by atoms with E-state index >= 15 is 0 Å². The van der Waals surface area contributed by atoms with Crippen molar-refractivity contribution in [3.63, 3.8) is 0 Å². The molecule has 0 radical (unpaired) electrons. The van der Waals surface area contributed by atoms with E-state index < -0.39 is 5.97 Å². The lowest BCUT2D eigenvalue weighted by atomic mass is 9.71. The summed E-state index contributed by atoms with van der Waals surface area (Å²) in [6.07, 6.45) is 23.8. The van der Waals surface area contributed by atoms with Crippen molar-refractivity contribution in [1.82, 2.24) is 0 Å². The second kappa shape index (κ2) is 13.7. The van der Waals surface area contributed by atoms with E-state index in [0.29, 0.717) is 0 Å². The Labute approximate surface area is 150 Å². The molecule has 1 aliphatic rings. The molecule has 0 atom stereocenters. The van der Waals surface area contributed by atoms with Crippen LogP contribution in [0.25, 0.3) is 0 Å². The van der Waals surface area contributed by atoms with E-state index in [2.05, 4.69) is 6.92 Å². The largest absolute Gasteiger partial charge is 0.481 e. The SMILES string of the molecule is CCCCCCCCCCCCCCCC1(C(=O)O)CCCCC1. The topological polar surface area (TPSA) is 37.3 Å². The number of carboxylic acids is 1. The Morgan fingerprint density at radius 3 is 1.54 bits per heavy atom. The minimum atomic E-state index is -0.527. The average molecular weight is 339 g/mol. The maximum atomic E-state index is 11.6. The highest BCUT2D eigenvalue weighted by atomic mass is 16.4. The molecule has 2 heteroatoms. The number of aliphatic carboxylic acids is 1. The second-order valence-corrected chi connectivity index (χ2v) is 8.14. The Balaban J connectivity index is 1.90. The molecular weight excluding hydrogens is 296 g/mol. The summed E-state index contributed by atoms with van der Waals surface area (Å²) in [5, 5.41) is 9.58. The van der Waals surface area contributed by atoms with Gasteiger partial charge in [-0.25, -0.2) is 0 Å². The molecule has 0 aromatic rings. The van der Waals surface area contributed by atoms with Crippen LogP contribution < -0.4 is 0 Å². The highest BCUT2D eigenvalue weighted by Crippen LogP contribution is 2.41. The summed E-state index contributed by atoms with van der Waals surface area (Å²) in [4.78, 5) is 11.6. The molecule has 1 aliphatic carbocycles. The molecular formula is C22H42O2. The number of unbranched alkanes of at least 4 members (excludes halogenated alkanes) is 12. The van der Waals surface area contributed by atoms with Crippen LogP contribution in [-0.4, -0.2) is 11.1 Å². The number of rotatable bonds is 15. The Kier molecular flexibility index (Phi) is 12.3. The Morgan fingerprint density at radius 1 is 0.708 bits per heavy atom. The molecule has 24 heavy (non-hydrogen) atoms. The molecule has 0 spiro atoms. The minimum Gasteiger partial charge on any atom is -0.481 e. The van der Waals surface area contributed by atoms with Crippen molar-refractivity contribution in [3.05, 3.63) is 0 Å². The summed E-state index contributed by atoms with van der Waals surface area (Å²) in [5.74, 6) is -0.527. The molecule has 0 saturated heterocycles. The first-order valence-electron chi connectivity index (χ1n) is 10.9. The van der Waals surface area contributed by atoms with Gasteiger partial charge in [-0.1, -0.05) is 110 Å². The van der Waals surface area contributed by atoms with Gasteiger partial charge in [-0.05, 0) is 19.3 Å². The first-order chi connectivity index (χ1) is 11.7. The van der Waals surface area contributed by atoms with Crippen molar-refractivity contribution >= 4 is 5.97 Å². The van der Waals surface area contributed by atoms with Crippen LogP contribution in [0, 0.1) is 5.41 Å². The lowest BCUT2D eigenvalue weighted by Gasteiger charge is -2.33. The maximum Gasteiger partial charge on any atom is 0.309 e. The number of hydrogen-bond acceptors (Lipinski definition) is 1. The summed E-state index contributed by atoms with van der Waals surface area (Å²) in [6, 6.07) is 0. The molecule has 0 aromatic heterocycles. The lowest BCUT2D eigenvalue weighted by molar-refractivity contribution is -0.151. The summed E-state index contributed by atoms with van der Waals surface area (Å²) < 4.78 is 0. The zero-order valence-electron chi connectivity index (χ0n) is 16.3. The van der Waals surface area contributed by atoms with Crippen molar-refractivity contribution in [2.75, 3.05) is 0 Å². The third-order valence-corrected chi connectivity index (χ3v) is 6.02. The summed E-state index contributed by atoms with van der Waals surface area (Å²) >= 11 is 0. The Morgan fingerprint density at radius 2 is 1.12 bits per heavy atom. The molecule has 2 nitrogen and oxygen atoms in total. The zero-order valence-corrected chi connectivity index (χ0v) is 16.3. The van der Waals surface area contributed by atoms with Gasteiger partial charge in [0.25, 0.3) is 0 Å². The average Bonchev–Trinajstić information content (AvgIpc) is 2.59. The van der Waals surface area contributed by atoms with Crippen LogP contribution in [0.4, 0.5) is 0 Å². The fraction of sp³-hybridized carbons (Fsp3) is 0.955. The number of hydrogen-bond donors (Lipinski definition) is 1. The van der Waals surface area contributed by atoms with Crippen molar-refractivity contribution in [1.29, 1.82) is 0 Å². The maximum absolute atomic E-state index is 11.6. The monoisotopic (exact) mass is 338 g/mol. The molecule has 0 unspecified atom stereocenters. The Hall–Kier alpha value is -0.530. The first kappa shape index (κ1) is 21.5. The Bertz CT molecular complexity index is 305. The van der Waals surface area contributed by atoms with Crippen molar-refractivity contribution in [2.45, 2.75) is 129 Å². The van der Waals surface area contributed by atoms with Gasteiger partial charge in [0.15, 0.2) is 0 Å². The van der Waals surface area contributed by atoms with Crippen LogP contribution in [0.15, 0.2) is 0 Å². The van der Waals surface area contributed by atoms with Gasteiger partial charge in [0.2, 0.25) is 0 Å². The van der Waals surface area contributed by atoms with Crippen LogP contribution in [0.3, 0.4) is 0 Å². The van der Waals surface area contributed by atoms with Gasteiger partial charge in [0.05, 0.1) is 5.41 Å². The number of carboxylic acid groups (broad SMARTS) is 1. The molecule has 0 aliphatic heterocycles.